The molecule has 2 spiro atoms. The van der Waals surface area contributed by atoms with E-state index in [0.717, 1.165) is 5.56 Å². The van der Waals surface area contributed by atoms with Crippen molar-refractivity contribution < 1.29 is 59.8 Å². The average molecular weight is 1110 g/mol. The number of nitrogens with zero attached hydrogens (tertiary/aromatic N) is 4. The zero-order chi connectivity index (χ0) is 57.2. The van der Waals surface area contributed by atoms with Gasteiger partial charge < -0.3 is 39.0 Å². The van der Waals surface area contributed by atoms with Gasteiger partial charge >= 0.3 is 0 Å². The number of amides is 4. The van der Waals surface area contributed by atoms with Crippen molar-refractivity contribution in [2.75, 3.05) is 13.1 Å². The van der Waals surface area contributed by atoms with Gasteiger partial charge in [0, 0.05) is 78.5 Å². The van der Waals surface area contributed by atoms with E-state index in [1.54, 1.807) is 52.8 Å². The van der Waals surface area contributed by atoms with Crippen LogP contribution in [0.4, 0.5) is 26.3 Å². The monoisotopic (exact) mass is 1110 g/mol. The van der Waals surface area contributed by atoms with E-state index in [2.05, 4.69) is 10.6 Å². The van der Waals surface area contributed by atoms with Crippen molar-refractivity contribution in [3.05, 3.63) is 221 Å². The molecule has 12 rings (SSSR count). The SMILES string of the molecule is C[C@H]1C=CC(=O)[C@]23CCc4c(C(=O)NCc5c(F)cc(F)cc5F)c(=O)c(OCc5ccccc5)c(n42)C(=O)N1C3.C[C@H]1C=CC[C@]23CCc4c(C(=O)NCc5c(F)cc(F)cc5F)c(=O)c(OCc5ccccc5)c(n42)C(=O)N1C3. The maximum absolute atomic E-state index is 14.2. The predicted octanol–water partition coefficient (Wildman–Crippen LogP) is 7.62. The number of benzene rings is 4. The van der Waals surface area contributed by atoms with Crippen LogP contribution in [0, 0.1) is 34.9 Å². The number of hydrogen-bond donors (Lipinski definition) is 2. The van der Waals surface area contributed by atoms with Crippen molar-refractivity contribution in [2.24, 2.45) is 0 Å². The van der Waals surface area contributed by atoms with E-state index < -0.39 is 105 Å². The fourth-order valence-electron chi connectivity index (χ4n) is 12.0. The van der Waals surface area contributed by atoms with E-state index in [-0.39, 0.29) is 90.0 Å². The molecule has 0 saturated heterocycles. The molecular weight excluding hydrogens is 1060 g/mol. The standard InChI is InChI=1S/C30H24F3N3O5.C30H26F3N3O4/c1-16-7-8-23(37)30-10-9-22-24(28(39)34-13-19-20(32)11-18(31)12-21(19)33)26(38)27(41-14-17-5-3-2-4-6-17)25(36(22)30)29(40)35(16)15-30;1-17-6-5-10-30-11-9-23-24(28(38)34-14-20-21(32)12-19(31)13-22(20)33)26(37)27(40-15-18-7-3-2-4-8-18)25(36(23)30)29(39)35(17)16-30/h2-8,11-12,16H,9-10,13-15H2,1H3,(H,34,39);2-8,12-13,17H,9-11,14-16H2,1H3,(H,34,38)/t16-,30+;17-,30+/m00/s1. The minimum absolute atomic E-state index is 0.0103. The number of ketones is 1. The van der Waals surface area contributed by atoms with Gasteiger partial charge in [-0.3, -0.25) is 33.6 Å². The van der Waals surface area contributed by atoms with E-state index in [9.17, 15) is 59.9 Å². The Morgan fingerprint density at radius 3 is 1.54 bits per heavy atom. The summed E-state index contributed by atoms with van der Waals surface area (Å²) in [5.41, 5.74) is -3.17. The molecule has 2 aromatic heterocycles. The Labute approximate surface area is 458 Å². The Balaban J connectivity index is 0.000000170. The molecule has 6 aromatic rings. The number of allylic oxidation sites excluding steroid dienone is 2. The Bertz CT molecular complexity index is 3800. The first-order chi connectivity index (χ1) is 38.8. The molecule has 4 aromatic carbocycles. The van der Waals surface area contributed by atoms with Gasteiger partial charge in [0.05, 0.1) is 12.1 Å². The summed E-state index contributed by atoms with van der Waals surface area (Å²) >= 11 is 0. The first kappa shape index (κ1) is 54.0. The average Bonchev–Trinajstić information content (AvgIpc) is 2.05. The molecular formula is C60H50F6N6O9. The summed E-state index contributed by atoms with van der Waals surface area (Å²) < 4.78 is 98.9. The van der Waals surface area contributed by atoms with Gasteiger partial charge in [0.15, 0.2) is 28.7 Å². The fourth-order valence-corrected chi connectivity index (χ4v) is 12.0. The number of nitrogens with one attached hydrogen (secondary N) is 2. The number of hydrogen-bond acceptors (Lipinski definition) is 9. The number of aromatic nitrogens is 2. The number of rotatable bonds is 12. The largest absolute Gasteiger partial charge is 0.483 e. The summed E-state index contributed by atoms with van der Waals surface area (Å²) in [4.78, 5) is 99.3. The minimum atomic E-state index is -1.25. The maximum atomic E-state index is 14.2. The van der Waals surface area contributed by atoms with Gasteiger partial charge in [-0.2, -0.15) is 0 Å². The fraction of sp³-hybridized carbons (Fsp3) is 0.283. The highest BCUT2D eigenvalue weighted by molar-refractivity contribution is 6.06. The van der Waals surface area contributed by atoms with Gasteiger partial charge in [0.1, 0.15) is 64.8 Å². The highest BCUT2D eigenvalue weighted by Gasteiger charge is 2.56. The molecule has 0 saturated carbocycles. The van der Waals surface area contributed by atoms with Crippen molar-refractivity contribution in [3.63, 3.8) is 0 Å². The lowest BCUT2D eigenvalue weighted by molar-refractivity contribution is -0.123. The molecule has 0 fully saturated rings. The number of carbonyl (C=O) groups is 5. The Morgan fingerprint density at radius 2 is 1.04 bits per heavy atom. The molecule has 0 unspecified atom stereocenters. The topological polar surface area (TPSA) is 178 Å². The van der Waals surface area contributed by atoms with Crippen molar-refractivity contribution in [1.82, 2.24) is 29.6 Å². The molecule has 8 heterocycles. The normalized spacial score (nSPS) is 20.7. The lowest BCUT2D eigenvalue weighted by Crippen LogP contribution is -2.57. The van der Waals surface area contributed by atoms with E-state index in [0.29, 0.717) is 61.3 Å². The summed E-state index contributed by atoms with van der Waals surface area (Å²) in [5, 5.41) is 4.77. The van der Waals surface area contributed by atoms with Crippen LogP contribution in [0.2, 0.25) is 0 Å². The smallest absolute Gasteiger partial charge is 0.275 e. The van der Waals surface area contributed by atoms with Gasteiger partial charge in [-0.25, -0.2) is 26.3 Å². The summed E-state index contributed by atoms with van der Waals surface area (Å²) in [6.45, 7) is 2.76. The first-order valence-electron chi connectivity index (χ1n) is 26.1. The second-order valence-corrected chi connectivity index (χ2v) is 20.9. The molecule has 2 N–H and O–H groups in total. The molecule has 4 amide bonds. The molecule has 0 radical (unpaired) electrons. The van der Waals surface area contributed by atoms with Crippen LogP contribution in [-0.2, 0) is 55.0 Å². The third kappa shape index (κ3) is 9.26. The van der Waals surface area contributed by atoms with Gasteiger partial charge in [-0.15, -0.1) is 0 Å². The van der Waals surface area contributed by atoms with Crippen LogP contribution in [0.15, 0.2) is 119 Å². The van der Waals surface area contributed by atoms with Crippen LogP contribution < -0.4 is 31.0 Å². The van der Waals surface area contributed by atoms with Crippen LogP contribution >= 0.6 is 0 Å². The molecule has 416 valence electrons. The van der Waals surface area contributed by atoms with Crippen molar-refractivity contribution in [2.45, 2.75) is 95.4 Å². The molecule has 15 nitrogen and oxygen atoms in total. The van der Waals surface area contributed by atoms with Crippen LogP contribution in [-0.4, -0.2) is 73.5 Å². The highest BCUT2D eigenvalue weighted by Crippen LogP contribution is 2.47. The number of halogens is 6. The van der Waals surface area contributed by atoms with E-state index in [1.165, 1.54) is 15.5 Å². The predicted molar refractivity (Wildman–Crippen MR) is 279 cm³/mol. The maximum Gasteiger partial charge on any atom is 0.275 e. The van der Waals surface area contributed by atoms with E-state index >= 15 is 0 Å². The Kier molecular flexibility index (Phi) is 13.9. The molecule has 0 aliphatic carbocycles. The van der Waals surface area contributed by atoms with Crippen LogP contribution in [0.25, 0.3) is 0 Å². The highest BCUT2D eigenvalue weighted by atomic mass is 19.2. The zero-order valence-corrected chi connectivity index (χ0v) is 43.6. The number of fused-ring (bicyclic) bond motifs is 2. The molecule has 4 atom stereocenters. The number of pyridine rings is 2. The van der Waals surface area contributed by atoms with Crippen molar-refractivity contribution in [3.8, 4) is 11.5 Å². The van der Waals surface area contributed by atoms with Crippen LogP contribution in [0.1, 0.15) is 108 Å². The zero-order valence-electron chi connectivity index (χ0n) is 43.6. The van der Waals surface area contributed by atoms with Gasteiger partial charge in [0.25, 0.3) is 23.6 Å². The quantitative estimate of drug-likeness (QED) is 0.0922. The van der Waals surface area contributed by atoms with Crippen molar-refractivity contribution in [1.29, 1.82) is 0 Å². The second-order valence-electron chi connectivity index (χ2n) is 20.9. The second kappa shape index (κ2) is 20.9. The Morgan fingerprint density at radius 1 is 0.593 bits per heavy atom. The van der Waals surface area contributed by atoms with Crippen LogP contribution in [0.3, 0.4) is 0 Å². The summed E-state index contributed by atoms with van der Waals surface area (Å²) in [5.74, 6) is -10.5. The Hall–Kier alpha value is -9.01. The van der Waals surface area contributed by atoms with Gasteiger partial charge in [-0.1, -0.05) is 78.9 Å². The van der Waals surface area contributed by atoms with Crippen molar-refractivity contribution >= 4 is 29.4 Å². The molecule has 6 aliphatic rings. The van der Waals surface area contributed by atoms with Gasteiger partial charge in [0.2, 0.25) is 10.9 Å². The van der Waals surface area contributed by atoms with E-state index in [4.69, 9.17) is 9.47 Å². The third-order valence-corrected chi connectivity index (χ3v) is 16.0. The van der Waals surface area contributed by atoms with E-state index in [1.807, 2.05) is 49.4 Å². The summed E-state index contributed by atoms with van der Waals surface area (Å²) in [6.07, 6.45) is 8.91. The molecule has 81 heavy (non-hydrogen) atoms. The minimum Gasteiger partial charge on any atom is -0.483 e. The lowest BCUT2D eigenvalue weighted by Gasteiger charge is -2.43. The first-order valence-corrected chi connectivity index (χ1v) is 26.1. The summed E-state index contributed by atoms with van der Waals surface area (Å²) in [7, 11) is 0. The molecule has 21 heteroatoms. The third-order valence-electron chi connectivity index (χ3n) is 16.0. The lowest BCUT2D eigenvalue weighted by atomic mass is 9.88. The van der Waals surface area contributed by atoms with Gasteiger partial charge in [-0.05, 0) is 63.2 Å². The van der Waals surface area contributed by atoms with Crippen LogP contribution in [0.5, 0.6) is 11.5 Å². The number of carbonyl (C=O) groups excluding carboxylic acids is 5. The number of ether oxygens (including phenoxy) is 2. The molecule has 4 bridgehead atoms. The molecule has 6 aliphatic heterocycles. The summed E-state index contributed by atoms with van der Waals surface area (Å²) in [6, 6.07) is 19.4.